The topological polar surface area (TPSA) is 73.2 Å². The molecule has 1 fully saturated rings. The molecule has 0 spiro atoms. The van der Waals surface area contributed by atoms with Gasteiger partial charge in [0.2, 0.25) is 10.0 Å². The smallest absolute Gasteiger partial charge is 0.216 e. The van der Waals surface area contributed by atoms with E-state index in [0.717, 1.165) is 16.7 Å². The van der Waals surface area contributed by atoms with Crippen molar-refractivity contribution in [3.8, 4) is 0 Å². The van der Waals surface area contributed by atoms with Gasteiger partial charge < -0.3 is 4.74 Å². The van der Waals surface area contributed by atoms with E-state index in [1.165, 1.54) is 0 Å². The summed E-state index contributed by atoms with van der Waals surface area (Å²) in [5, 5.41) is 4.15. The van der Waals surface area contributed by atoms with Crippen molar-refractivity contribution in [1.29, 1.82) is 0 Å². The minimum absolute atomic E-state index is 0.00357. The van der Waals surface area contributed by atoms with Crippen LogP contribution in [0.4, 0.5) is 0 Å². The Hall–Kier alpha value is -1.70. The van der Waals surface area contributed by atoms with Gasteiger partial charge in [-0.1, -0.05) is 29.8 Å². The number of nitrogens with zero attached hydrogens (tertiary/aromatic N) is 2. The van der Waals surface area contributed by atoms with Gasteiger partial charge in [0.25, 0.3) is 0 Å². The molecule has 0 radical (unpaired) electrons. The first-order valence-electron chi connectivity index (χ1n) is 8.07. The second-order valence-electron chi connectivity index (χ2n) is 6.39. The largest absolute Gasteiger partial charge is 0.373 e. The molecule has 0 unspecified atom stereocenters. The van der Waals surface area contributed by atoms with Gasteiger partial charge in [0.15, 0.2) is 0 Å². The Labute approximate surface area is 142 Å². The average molecular weight is 349 g/mol. The number of ether oxygens (including phenoxy) is 1. The van der Waals surface area contributed by atoms with Crippen LogP contribution < -0.4 is 4.72 Å². The lowest BCUT2D eigenvalue weighted by atomic mass is 10.0. The third-order valence-electron chi connectivity index (χ3n) is 4.17. The van der Waals surface area contributed by atoms with E-state index < -0.39 is 10.0 Å². The van der Waals surface area contributed by atoms with Crippen molar-refractivity contribution in [2.45, 2.75) is 37.7 Å². The van der Waals surface area contributed by atoms with Gasteiger partial charge in [-0.2, -0.15) is 5.10 Å². The quantitative estimate of drug-likeness (QED) is 0.897. The van der Waals surface area contributed by atoms with Crippen LogP contribution in [-0.4, -0.2) is 30.8 Å². The van der Waals surface area contributed by atoms with E-state index in [-0.39, 0.29) is 17.9 Å². The van der Waals surface area contributed by atoms with Crippen LogP contribution >= 0.6 is 0 Å². The lowest BCUT2D eigenvalue weighted by Gasteiger charge is -2.29. The summed E-state index contributed by atoms with van der Waals surface area (Å²) in [5.41, 5.74) is 2.85. The fourth-order valence-corrected chi connectivity index (χ4v) is 4.48. The van der Waals surface area contributed by atoms with Gasteiger partial charge >= 0.3 is 0 Å². The van der Waals surface area contributed by atoms with E-state index in [4.69, 9.17) is 4.74 Å². The molecule has 1 aliphatic heterocycles. The Bertz CT molecular complexity index is 801. The zero-order valence-corrected chi connectivity index (χ0v) is 14.8. The third kappa shape index (κ3) is 4.43. The molecular formula is C17H23N3O3S. The van der Waals surface area contributed by atoms with E-state index in [0.29, 0.717) is 19.4 Å². The van der Waals surface area contributed by atoms with Gasteiger partial charge in [-0.3, -0.25) is 4.68 Å². The standard InChI is InChI=1S/C17H23N3O3S/c1-13-4-3-5-14(8-13)12-24(21,22)19-16-6-7-23-17(9-16)15-10-18-20(2)11-15/h3-5,8,10-11,16-17,19H,6-7,9,12H2,1-2H3/t16-,17+/m1/s1. The van der Waals surface area contributed by atoms with Gasteiger partial charge in [0.1, 0.15) is 0 Å². The molecule has 0 saturated carbocycles. The van der Waals surface area contributed by atoms with E-state index in [2.05, 4.69) is 9.82 Å². The summed E-state index contributed by atoms with van der Waals surface area (Å²) in [7, 11) is -1.52. The minimum atomic E-state index is -3.38. The predicted octanol–water partition coefficient (Wildman–Crippen LogP) is 2.07. The van der Waals surface area contributed by atoms with Crippen molar-refractivity contribution < 1.29 is 13.2 Å². The number of aryl methyl sites for hydroxylation is 2. The molecule has 2 aromatic rings. The monoisotopic (exact) mass is 349 g/mol. The molecule has 24 heavy (non-hydrogen) atoms. The number of hydrogen-bond donors (Lipinski definition) is 1. The fraction of sp³-hybridized carbons (Fsp3) is 0.471. The highest BCUT2D eigenvalue weighted by molar-refractivity contribution is 7.88. The van der Waals surface area contributed by atoms with Crippen LogP contribution in [0, 0.1) is 6.92 Å². The van der Waals surface area contributed by atoms with E-state index in [9.17, 15) is 8.42 Å². The number of sulfonamides is 1. The zero-order valence-electron chi connectivity index (χ0n) is 14.0. The maximum absolute atomic E-state index is 12.5. The van der Waals surface area contributed by atoms with Gasteiger partial charge in [0.05, 0.1) is 18.1 Å². The molecule has 130 valence electrons. The molecule has 3 rings (SSSR count). The Morgan fingerprint density at radius 2 is 2.25 bits per heavy atom. The molecular weight excluding hydrogens is 326 g/mol. The Morgan fingerprint density at radius 3 is 2.96 bits per heavy atom. The molecule has 6 nitrogen and oxygen atoms in total. The molecule has 1 aromatic carbocycles. The number of nitrogens with one attached hydrogen (secondary N) is 1. The van der Waals surface area contributed by atoms with Crippen LogP contribution in [0.2, 0.25) is 0 Å². The van der Waals surface area contributed by atoms with Gasteiger partial charge in [0, 0.05) is 31.5 Å². The van der Waals surface area contributed by atoms with Gasteiger partial charge in [-0.25, -0.2) is 13.1 Å². The summed E-state index contributed by atoms with van der Waals surface area (Å²) in [4.78, 5) is 0. The second kappa shape index (κ2) is 7.04. The van der Waals surface area contributed by atoms with Crippen molar-refractivity contribution in [2.24, 2.45) is 7.05 Å². The van der Waals surface area contributed by atoms with Crippen molar-refractivity contribution >= 4 is 10.0 Å². The Kier molecular flexibility index (Phi) is 5.03. The summed E-state index contributed by atoms with van der Waals surface area (Å²) >= 11 is 0. The van der Waals surface area contributed by atoms with E-state index >= 15 is 0 Å². The first-order valence-corrected chi connectivity index (χ1v) is 9.72. The summed E-state index contributed by atoms with van der Waals surface area (Å²) in [6.45, 7) is 2.50. The van der Waals surface area contributed by atoms with Crippen LogP contribution in [-0.2, 0) is 27.6 Å². The van der Waals surface area contributed by atoms with Crippen LogP contribution in [0.1, 0.15) is 35.6 Å². The number of benzene rings is 1. The van der Waals surface area contributed by atoms with Gasteiger partial charge in [-0.05, 0) is 25.3 Å². The average Bonchev–Trinajstić information content (AvgIpc) is 2.93. The lowest BCUT2D eigenvalue weighted by Crippen LogP contribution is -2.40. The molecule has 2 heterocycles. The number of rotatable bonds is 5. The molecule has 0 aliphatic carbocycles. The first-order chi connectivity index (χ1) is 11.4. The minimum Gasteiger partial charge on any atom is -0.373 e. The van der Waals surface area contributed by atoms with Crippen LogP contribution in [0.25, 0.3) is 0 Å². The van der Waals surface area contributed by atoms with Crippen LogP contribution in [0.3, 0.4) is 0 Å². The first kappa shape index (κ1) is 17.1. The molecule has 0 amide bonds. The molecule has 1 aliphatic rings. The lowest BCUT2D eigenvalue weighted by molar-refractivity contribution is 0.00400. The normalized spacial score (nSPS) is 21.8. The summed E-state index contributed by atoms with van der Waals surface area (Å²) in [6.07, 6.45) is 4.88. The van der Waals surface area contributed by atoms with Crippen LogP contribution in [0.5, 0.6) is 0 Å². The SMILES string of the molecule is Cc1cccc(CS(=O)(=O)N[C@@H]2CCO[C@H](c3cnn(C)c3)C2)c1. The number of hydrogen-bond acceptors (Lipinski definition) is 4. The summed E-state index contributed by atoms with van der Waals surface area (Å²) in [6, 6.07) is 7.47. The summed E-state index contributed by atoms with van der Waals surface area (Å²) in [5.74, 6) is 0.00357. The Morgan fingerprint density at radius 1 is 1.42 bits per heavy atom. The fourth-order valence-electron chi connectivity index (χ4n) is 3.06. The highest BCUT2D eigenvalue weighted by atomic mass is 32.2. The number of aromatic nitrogens is 2. The highest BCUT2D eigenvalue weighted by Gasteiger charge is 2.28. The molecule has 1 aromatic heterocycles. The maximum Gasteiger partial charge on any atom is 0.216 e. The molecule has 2 atom stereocenters. The van der Waals surface area contributed by atoms with Crippen molar-refractivity contribution in [1.82, 2.24) is 14.5 Å². The second-order valence-corrected chi connectivity index (χ2v) is 8.15. The van der Waals surface area contributed by atoms with Crippen LogP contribution in [0.15, 0.2) is 36.7 Å². The zero-order chi connectivity index (χ0) is 17.2. The van der Waals surface area contributed by atoms with Crippen molar-refractivity contribution in [2.75, 3.05) is 6.61 Å². The highest BCUT2D eigenvalue weighted by Crippen LogP contribution is 2.28. The predicted molar refractivity (Wildman–Crippen MR) is 91.9 cm³/mol. The third-order valence-corrected chi connectivity index (χ3v) is 5.57. The van der Waals surface area contributed by atoms with Gasteiger partial charge in [-0.15, -0.1) is 0 Å². The Balaban J connectivity index is 1.64. The van der Waals surface area contributed by atoms with Crippen molar-refractivity contribution in [3.63, 3.8) is 0 Å². The van der Waals surface area contributed by atoms with E-state index in [1.807, 2.05) is 44.4 Å². The van der Waals surface area contributed by atoms with E-state index in [1.54, 1.807) is 10.9 Å². The molecule has 1 N–H and O–H groups in total. The van der Waals surface area contributed by atoms with Crippen molar-refractivity contribution in [3.05, 3.63) is 53.3 Å². The molecule has 7 heteroatoms. The molecule has 0 bridgehead atoms. The maximum atomic E-state index is 12.5. The molecule has 1 saturated heterocycles. The summed E-state index contributed by atoms with van der Waals surface area (Å²) < 4.78 is 35.2.